The van der Waals surface area contributed by atoms with Crippen molar-refractivity contribution in [3.05, 3.63) is 117 Å². The molecule has 10 nitrogen and oxygen atoms in total. The first-order valence-corrected chi connectivity index (χ1v) is 16.7. The van der Waals surface area contributed by atoms with E-state index in [2.05, 4.69) is 67.7 Å². The van der Waals surface area contributed by atoms with Crippen LogP contribution in [0.1, 0.15) is 68.8 Å². The lowest BCUT2D eigenvalue weighted by molar-refractivity contribution is 0.419. The summed E-state index contributed by atoms with van der Waals surface area (Å²) in [6.07, 6.45) is 6.23. The summed E-state index contributed by atoms with van der Waals surface area (Å²) in [7, 11) is 0. The van der Waals surface area contributed by atoms with Gasteiger partial charge < -0.3 is 4.57 Å². The van der Waals surface area contributed by atoms with Gasteiger partial charge in [-0.25, -0.2) is 9.78 Å². The zero-order valence-corrected chi connectivity index (χ0v) is 27.0. The number of aromatic amines is 1. The molecule has 0 saturated heterocycles. The maximum atomic E-state index is 14.3. The topological polar surface area (TPSA) is 116 Å². The number of hydrogen-bond acceptors (Lipinski definition) is 6. The van der Waals surface area contributed by atoms with Crippen LogP contribution in [0.4, 0.5) is 0 Å². The van der Waals surface area contributed by atoms with Crippen molar-refractivity contribution in [2.45, 2.75) is 77.9 Å². The average Bonchev–Trinajstić information content (AvgIpc) is 3.77. The number of imidazole rings is 1. The molecule has 3 aromatic carbocycles. The smallest absolute Gasteiger partial charge is 0.317 e. The van der Waals surface area contributed by atoms with Crippen LogP contribution >= 0.6 is 0 Å². The molecule has 1 fully saturated rings. The molecule has 1 aliphatic rings. The van der Waals surface area contributed by atoms with Crippen LogP contribution in [0.5, 0.6) is 0 Å². The van der Waals surface area contributed by atoms with Gasteiger partial charge in [-0.15, -0.1) is 10.2 Å². The number of rotatable bonds is 10. The van der Waals surface area contributed by atoms with Crippen LogP contribution in [0.3, 0.4) is 0 Å². The number of fused-ring (bicyclic) bond motifs is 1. The summed E-state index contributed by atoms with van der Waals surface area (Å²) in [5, 5.41) is 14.6. The molecule has 1 aliphatic carbocycles. The number of aromatic nitrogens is 8. The fourth-order valence-electron chi connectivity index (χ4n) is 6.93. The van der Waals surface area contributed by atoms with Gasteiger partial charge in [-0.2, -0.15) is 5.21 Å². The summed E-state index contributed by atoms with van der Waals surface area (Å²) in [5.41, 5.74) is 5.62. The third-order valence-corrected chi connectivity index (χ3v) is 9.25. The van der Waals surface area contributed by atoms with Crippen molar-refractivity contribution in [3.8, 4) is 22.5 Å². The van der Waals surface area contributed by atoms with Gasteiger partial charge >= 0.3 is 5.69 Å². The van der Waals surface area contributed by atoms with Crippen LogP contribution in [0.2, 0.25) is 0 Å². The molecule has 47 heavy (non-hydrogen) atoms. The monoisotopic (exact) mass is 628 g/mol. The van der Waals surface area contributed by atoms with Crippen LogP contribution in [-0.2, 0) is 26.1 Å². The third-order valence-electron chi connectivity index (χ3n) is 9.25. The number of nitrogens with zero attached hydrogens (tertiary/aromatic N) is 7. The largest absolute Gasteiger partial charge is 0.332 e. The van der Waals surface area contributed by atoms with Crippen molar-refractivity contribution in [1.29, 1.82) is 0 Å². The van der Waals surface area contributed by atoms with Crippen molar-refractivity contribution in [2.75, 3.05) is 0 Å². The predicted molar refractivity (Wildman–Crippen MR) is 183 cm³/mol. The molecule has 0 atom stereocenters. The predicted octanol–water partition coefficient (Wildman–Crippen LogP) is 6.20. The molecule has 3 aromatic heterocycles. The summed E-state index contributed by atoms with van der Waals surface area (Å²) in [6.45, 7) is 5.37. The van der Waals surface area contributed by atoms with Crippen LogP contribution < -0.4 is 11.2 Å². The number of benzene rings is 3. The van der Waals surface area contributed by atoms with E-state index in [9.17, 15) is 9.59 Å². The minimum atomic E-state index is -0.281. The summed E-state index contributed by atoms with van der Waals surface area (Å²) >= 11 is 0. The molecule has 3 heterocycles. The lowest BCUT2D eigenvalue weighted by Crippen LogP contribution is -2.42. The Morgan fingerprint density at radius 1 is 0.809 bits per heavy atom. The molecule has 1 saturated carbocycles. The molecule has 240 valence electrons. The highest BCUT2D eigenvalue weighted by molar-refractivity contribution is 5.80. The minimum Gasteiger partial charge on any atom is -0.317 e. The second kappa shape index (κ2) is 13.3. The Hall–Kier alpha value is -5.12. The van der Waals surface area contributed by atoms with Gasteiger partial charge in [0, 0.05) is 31.1 Å². The summed E-state index contributed by atoms with van der Waals surface area (Å²) in [6, 6.07) is 26.6. The molecule has 0 aliphatic heterocycles. The molecule has 7 rings (SSSR count). The fraction of sp³-hybridized carbons (Fsp3) is 0.351. The first-order chi connectivity index (χ1) is 23.0. The van der Waals surface area contributed by atoms with Gasteiger partial charge in [0.25, 0.3) is 5.56 Å². The molecule has 0 radical (unpaired) electrons. The SMILES string of the molecule is CC(C)Cn1c(=O)c2c(nc(C3CCCCC3)n2Cc2ccc(-c3ccccc3-c3nn[nH]n3)cc2)n(CCc2ccccc2)c1=O. The molecular weight excluding hydrogens is 588 g/mol. The van der Waals surface area contributed by atoms with E-state index in [4.69, 9.17) is 4.98 Å². The van der Waals surface area contributed by atoms with Crippen LogP contribution in [0.15, 0.2) is 88.5 Å². The quantitative estimate of drug-likeness (QED) is 0.193. The summed E-state index contributed by atoms with van der Waals surface area (Å²) < 4.78 is 5.29. The molecule has 0 unspecified atom stereocenters. The van der Waals surface area contributed by atoms with Crippen LogP contribution in [-0.4, -0.2) is 39.3 Å². The normalized spacial score (nSPS) is 13.9. The van der Waals surface area contributed by atoms with Crippen molar-refractivity contribution >= 4 is 11.2 Å². The first-order valence-electron chi connectivity index (χ1n) is 16.7. The number of nitrogens with one attached hydrogen (secondary N) is 1. The second-order valence-corrected chi connectivity index (χ2v) is 13.0. The number of tetrazole rings is 1. The number of H-pyrrole nitrogens is 1. The maximum Gasteiger partial charge on any atom is 0.332 e. The van der Waals surface area contributed by atoms with Gasteiger partial charge in [0.15, 0.2) is 11.2 Å². The van der Waals surface area contributed by atoms with Gasteiger partial charge in [-0.1, -0.05) is 112 Å². The molecule has 10 heteroatoms. The number of hydrogen-bond donors (Lipinski definition) is 1. The van der Waals surface area contributed by atoms with Gasteiger partial charge in [0.05, 0.1) is 0 Å². The number of aryl methyl sites for hydroxylation is 2. The molecule has 0 amide bonds. The van der Waals surface area contributed by atoms with E-state index in [1.807, 2.05) is 50.2 Å². The molecule has 0 spiro atoms. The fourth-order valence-corrected chi connectivity index (χ4v) is 6.93. The molecule has 1 N–H and O–H groups in total. The Bertz CT molecular complexity index is 2090. The van der Waals surface area contributed by atoms with Gasteiger partial charge in [-0.3, -0.25) is 13.9 Å². The maximum absolute atomic E-state index is 14.3. The lowest BCUT2D eigenvalue weighted by Gasteiger charge is -2.22. The van der Waals surface area contributed by atoms with E-state index in [0.717, 1.165) is 59.3 Å². The van der Waals surface area contributed by atoms with E-state index in [-0.39, 0.29) is 23.1 Å². The molecule has 0 bridgehead atoms. The van der Waals surface area contributed by atoms with E-state index in [0.29, 0.717) is 43.0 Å². The highest BCUT2D eigenvalue weighted by Crippen LogP contribution is 2.34. The Morgan fingerprint density at radius 3 is 2.23 bits per heavy atom. The van der Waals surface area contributed by atoms with Crippen molar-refractivity contribution in [2.24, 2.45) is 5.92 Å². The van der Waals surface area contributed by atoms with E-state index in [1.54, 1.807) is 4.57 Å². The Kier molecular flexibility index (Phi) is 8.65. The Morgan fingerprint density at radius 2 is 1.53 bits per heavy atom. The third kappa shape index (κ3) is 6.19. The van der Waals surface area contributed by atoms with Gasteiger partial charge in [0.2, 0.25) is 5.82 Å². The van der Waals surface area contributed by atoms with Gasteiger partial charge in [-0.05, 0) is 52.6 Å². The van der Waals surface area contributed by atoms with Gasteiger partial charge in [0.1, 0.15) is 5.82 Å². The van der Waals surface area contributed by atoms with Crippen molar-refractivity contribution in [1.82, 2.24) is 39.3 Å². The standard InChI is InChI=1S/C37H40N8O2/c1-25(2)23-45-36(46)32-35(43(37(45)47)22-21-26-11-5-3-6-12-26)38-34(29-13-7-4-8-14-29)44(32)24-27-17-19-28(20-18-27)30-15-9-10-16-31(30)33-39-41-42-40-33/h3,5-6,9-12,15-20,25,29H,4,7-8,13-14,21-24H2,1-2H3,(H,39,40,41,42). The minimum absolute atomic E-state index is 0.137. The average molecular weight is 629 g/mol. The molecular formula is C37H40N8O2. The zero-order valence-electron chi connectivity index (χ0n) is 27.0. The van der Waals surface area contributed by atoms with E-state index in [1.165, 1.54) is 11.0 Å². The zero-order chi connectivity index (χ0) is 32.3. The van der Waals surface area contributed by atoms with Crippen molar-refractivity contribution < 1.29 is 0 Å². The highest BCUT2D eigenvalue weighted by Gasteiger charge is 2.27. The van der Waals surface area contributed by atoms with E-state index >= 15 is 0 Å². The Balaban J connectivity index is 1.33. The van der Waals surface area contributed by atoms with Crippen molar-refractivity contribution in [3.63, 3.8) is 0 Å². The second-order valence-electron chi connectivity index (χ2n) is 13.0. The van der Waals surface area contributed by atoms with E-state index < -0.39 is 0 Å². The first kappa shape index (κ1) is 30.5. The lowest BCUT2D eigenvalue weighted by atomic mass is 9.88. The van der Waals surface area contributed by atoms with Crippen LogP contribution in [0, 0.1) is 5.92 Å². The highest BCUT2D eigenvalue weighted by atomic mass is 16.2. The molecule has 6 aromatic rings. The Labute approximate surface area is 273 Å². The summed E-state index contributed by atoms with van der Waals surface area (Å²) in [4.78, 5) is 33.4. The van der Waals surface area contributed by atoms with Crippen LogP contribution in [0.25, 0.3) is 33.7 Å². The summed E-state index contributed by atoms with van der Waals surface area (Å²) in [5.74, 6) is 1.84.